The van der Waals surface area contributed by atoms with E-state index < -0.39 is 0 Å². The summed E-state index contributed by atoms with van der Waals surface area (Å²) >= 11 is 9.62. The quantitative estimate of drug-likeness (QED) is 0.536. The number of rotatable bonds is 0. The SMILES string of the molecule is [Ni+2].[S-]c1ccccc1.[S-]c1ccccc1. The molecule has 0 radical (unpaired) electrons. The summed E-state index contributed by atoms with van der Waals surface area (Å²) in [5.41, 5.74) is 0. The standard InChI is InChI=1S/2C6H6S.Ni/c2*7-6-4-2-1-3-5-6;/h2*1-5,7H;/q;;+2/p-2. The molecular formula is C12H10NiS2. The molecule has 0 saturated carbocycles. The fraction of sp³-hybridized carbons (Fsp3) is 0. The summed E-state index contributed by atoms with van der Waals surface area (Å²) in [6.07, 6.45) is 0. The van der Waals surface area contributed by atoms with E-state index in [2.05, 4.69) is 0 Å². The van der Waals surface area contributed by atoms with Gasteiger partial charge in [0.15, 0.2) is 0 Å². The predicted molar refractivity (Wildman–Crippen MR) is 64.1 cm³/mol. The fourth-order valence-corrected chi connectivity index (χ4v) is 1.16. The van der Waals surface area contributed by atoms with Crippen molar-refractivity contribution in [2.45, 2.75) is 9.79 Å². The molecular weight excluding hydrogens is 267 g/mol. The molecule has 0 atom stereocenters. The molecule has 2 aromatic carbocycles. The third-order valence-electron chi connectivity index (χ3n) is 1.49. The monoisotopic (exact) mass is 276 g/mol. The van der Waals surface area contributed by atoms with Gasteiger partial charge in [-0.05, 0) is 0 Å². The van der Waals surface area contributed by atoms with Gasteiger partial charge in [0.25, 0.3) is 0 Å². The molecule has 2 rings (SSSR count). The van der Waals surface area contributed by atoms with Gasteiger partial charge in [0.05, 0.1) is 0 Å². The minimum absolute atomic E-state index is 0. The van der Waals surface area contributed by atoms with Crippen LogP contribution in [0, 0.1) is 0 Å². The number of hydrogen-bond donors (Lipinski definition) is 0. The van der Waals surface area contributed by atoms with Crippen LogP contribution in [0.1, 0.15) is 0 Å². The molecule has 0 saturated heterocycles. The Bertz CT molecular complexity index is 311. The van der Waals surface area contributed by atoms with Crippen molar-refractivity contribution in [2.75, 3.05) is 0 Å². The topological polar surface area (TPSA) is 0 Å². The fourth-order valence-electron chi connectivity index (χ4n) is 0.841. The van der Waals surface area contributed by atoms with Crippen LogP contribution in [0.3, 0.4) is 0 Å². The third kappa shape index (κ3) is 7.32. The van der Waals surface area contributed by atoms with Crippen molar-refractivity contribution in [1.29, 1.82) is 0 Å². The van der Waals surface area contributed by atoms with Crippen molar-refractivity contribution in [2.24, 2.45) is 0 Å². The van der Waals surface area contributed by atoms with Gasteiger partial charge >= 0.3 is 16.5 Å². The van der Waals surface area contributed by atoms with Crippen LogP contribution in [0.25, 0.3) is 0 Å². The van der Waals surface area contributed by atoms with Crippen LogP contribution in [-0.2, 0) is 41.7 Å². The van der Waals surface area contributed by atoms with Crippen molar-refractivity contribution in [3.8, 4) is 0 Å². The molecule has 0 aliphatic carbocycles. The molecule has 0 aromatic heterocycles. The molecule has 0 nitrogen and oxygen atoms in total. The van der Waals surface area contributed by atoms with Gasteiger partial charge < -0.3 is 25.3 Å². The first kappa shape index (κ1) is 14.4. The van der Waals surface area contributed by atoms with Gasteiger partial charge in [-0.1, -0.05) is 60.7 Å². The summed E-state index contributed by atoms with van der Waals surface area (Å²) in [5.74, 6) is 0. The first-order valence-corrected chi connectivity index (χ1v) is 5.05. The molecule has 0 fully saturated rings. The van der Waals surface area contributed by atoms with E-state index in [1.54, 1.807) is 0 Å². The van der Waals surface area contributed by atoms with Gasteiger partial charge in [-0.3, -0.25) is 0 Å². The Labute approximate surface area is 112 Å². The maximum atomic E-state index is 4.81. The van der Waals surface area contributed by atoms with Crippen molar-refractivity contribution < 1.29 is 16.5 Å². The van der Waals surface area contributed by atoms with E-state index in [-0.39, 0.29) is 16.5 Å². The van der Waals surface area contributed by atoms with Crippen LogP contribution in [0.4, 0.5) is 0 Å². The molecule has 0 amide bonds. The minimum atomic E-state index is 0. The zero-order valence-electron chi connectivity index (χ0n) is 7.91. The van der Waals surface area contributed by atoms with E-state index in [0.29, 0.717) is 0 Å². The summed E-state index contributed by atoms with van der Waals surface area (Å²) in [6, 6.07) is 19.2. The maximum absolute atomic E-state index is 4.81. The van der Waals surface area contributed by atoms with Gasteiger partial charge in [0, 0.05) is 0 Å². The molecule has 80 valence electrons. The normalized spacial score (nSPS) is 8.00. The second kappa shape index (κ2) is 8.66. The number of hydrogen-bond acceptors (Lipinski definition) is 2. The van der Waals surface area contributed by atoms with Crippen molar-refractivity contribution in [3.63, 3.8) is 0 Å². The van der Waals surface area contributed by atoms with Crippen molar-refractivity contribution in [3.05, 3.63) is 60.7 Å². The van der Waals surface area contributed by atoms with E-state index in [0.717, 1.165) is 9.79 Å². The Hall–Kier alpha value is -0.626. The molecule has 0 heterocycles. The van der Waals surface area contributed by atoms with E-state index in [9.17, 15) is 0 Å². The van der Waals surface area contributed by atoms with Gasteiger partial charge in [0.2, 0.25) is 0 Å². The molecule has 0 unspecified atom stereocenters. The van der Waals surface area contributed by atoms with Gasteiger partial charge in [-0.15, -0.1) is 0 Å². The first-order valence-electron chi connectivity index (χ1n) is 4.23. The summed E-state index contributed by atoms with van der Waals surface area (Å²) in [5, 5.41) is 0. The zero-order chi connectivity index (χ0) is 10.2. The molecule has 0 N–H and O–H groups in total. The van der Waals surface area contributed by atoms with E-state index >= 15 is 0 Å². The Kier molecular flexibility index (Phi) is 8.30. The third-order valence-corrected chi connectivity index (χ3v) is 2.03. The maximum Gasteiger partial charge on any atom is 2.00 e. The smallest absolute Gasteiger partial charge is 0.780 e. The molecule has 0 aliphatic rings. The summed E-state index contributed by atoms with van der Waals surface area (Å²) in [4.78, 5) is 1.81. The zero-order valence-corrected chi connectivity index (χ0v) is 10.5. The Morgan fingerprint density at radius 2 is 0.800 bits per heavy atom. The van der Waals surface area contributed by atoms with E-state index in [4.69, 9.17) is 25.3 Å². The Balaban J connectivity index is 0.000000245. The van der Waals surface area contributed by atoms with Crippen LogP contribution in [0.5, 0.6) is 0 Å². The molecule has 0 aliphatic heterocycles. The molecule has 0 bridgehead atoms. The summed E-state index contributed by atoms with van der Waals surface area (Å²) in [7, 11) is 0. The molecule has 3 heteroatoms. The van der Waals surface area contributed by atoms with Crippen LogP contribution in [-0.4, -0.2) is 0 Å². The average molecular weight is 277 g/mol. The molecule has 15 heavy (non-hydrogen) atoms. The average Bonchev–Trinajstić information content (AvgIpc) is 2.21. The van der Waals surface area contributed by atoms with E-state index in [1.807, 2.05) is 60.7 Å². The Morgan fingerprint density at radius 3 is 0.933 bits per heavy atom. The van der Waals surface area contributed by atoms with Crippen LogP contribution < -0.4 is 0 Å². The number of benzene rings is 2. The molecule has 2 aromatic rings. The summed E-state index contributed by atoms with van der Waals surface area (Å²) < 4.78 is 0. The molecule has 0 spiro atoms. The van der Waals surface area contributed by atoms with Crippen LogP contribution in [0.2, 0.25) is 0 Å². The van der Waals surface area contributed by atoms with Crippen LogP contribution >= 0.6 is 0 Å². The second-order valence-corrected chi connectivity index (χ2v) is 3.57. The second-order valence-electron chi connectivity index (χ2n) is 2.63. The van der Waals surface area contributed by atoms with Gasteiger partial charge in [-0.25, -0.2) is 0 Å². The van der Waals surface area contributed by atoms with Crippen molar-refractivity contribution >= 4 is 25.3 Å². The first-order chi connectivity index (χ1) is 6.79. The summed E-state index contributed by atoms with van der Waals surface area (Å²) in [6.45, 7) is 0. The largest absolute Gasteiger partial charge is 2.00 e. The van der Waals surface area contributed by atoms with Gasteiger partial charge in [-0.2, -0.15) is 9.79 Å². The van der Waals surface area contributed by atoms with Crippen LogP contribution in [0.15, 0.2) is 70.5 Å². The van der Waals surface area contributed by atoms with E-state index in [1.165, 1.54) is 0 Å². The minimum Gasteiger partial charge on any atom is -0.780 e. The predicted octanol–water partition coefficient (Wildman–Crippen LogP) is 3.18. The van der Waals surface area contributed by atoms with Gasteiger partial charge in [0.1, 0.15) is 0 Å². The Morgan fingerprint density at radius 1 is 0.533 bits per heavy atom. The van der Waals surface area contributed by atoms with Crippen molar-refractivity contribution in [1.82, 2.24) is 0 Å².